The smallest absolute Gasteiger partial charge is 0.138 e. The van der Waals surface area contributed by atoms with E-state index in [-0.39, 0.29) is 0 Å². The highest BCUT2D eigenvalue weighted by molar-refractivity contribution is 6.28. The normalized spacial score (nSPS) is 12.4. The van der Waals surface area contributed by atoms with Crippen molar-refractivity contribution in [2.24, 2.45) is 10.7 Å². The molecule has 0 bridgehead atoms. The lowest BCUT2D eigenvalue weighted by atomic mass is 9.84. The molecule has 0 fully saturated rings. The van der Waals surface area contributed by atoms with Gasteiger partial charge in [-0.05, 0) is 78.2 Å². The van der Waals surface area contributed by atoms with Crippen LogP contribution in [-0.4, -0.2) is 5.84 Å². The standard InChI is InChI=1S/C52H36N2O/c53-52(39-17-5-2-6-18-39)54-46(33-31-38-19-13-24-44-41-21-11-12-25-47(41)55-51(38)44)35-26-28-37(29-27-35)49-43-23-10-9-22-42(43)48(36-15-3-1-4-16-36)45-32-30-34-14-7-8-20-40(34)50(45)49/h1-30,32-33H,31H2,(H2,53,54)/b46-33-. The van der Waals surface area contributed by atoms with Gasteiger partial charge in [-0.3, -0.25) is 0 Å². The molecule has 3 heteroatoms. The van der Waals surface area contributed by atoms with E-state index >= 15 is 0 Å². The van der Waals surface area contributed by atoms with Crippen molar-refractivity contribution in [1.82, 2.24) is 0 Å². The molecular weight excluding hydrogens is 669 g/mol. The van der Waals surface area contributed by atoms with Crippen molar-refractivity contribution < 1.29 is 4.42 Å². The molecule has 9 aromatic carbocycles. The number of para-hydroxylation sites is 2. The van der Waals surface area contributed by atoms with E-state index < -0.39 is 0 Å². The van der Waals surface area contributed by atoms with Crippen LogP contribution in [0.2, 0.25) is 0 Å². The largest absolute Gasteiger partial charge is 0.456 e. The summed E-state index contributed by atoms with van der Waals surface area (Å²) in [7, 11) is 0. The average Bonchev–Trinajstić information content (AvgIpc) is 3.64. The van der Waals surface area contributed by atoms with Crippen molar-refractivity contribution in [2.75, 3.05) is 0 Å². The minimum absolute atomic E-state index is 0.470. The Morgan fingerprint density at radius 2 is 1.09 bits per heavy atom. The van der Waals surface area contributed by atoms with Crippen LogP contribution in [0.3, 0.4) is 0 Å². The van der Waals surface area contributed by atoms with Gasteiger partial charge in [0.2, 0.25) is 0 Å². The highest BCUT2D eigenvalue weighted by atomic mass is 16.3. The fraction of sp³-hybridized carbons (Fsp3) is 0.0192. The quantitative estimate of drug-likeness (QED) is 0.0777. The second kappa shape index (κ2) is 13.6. The molecule has 0 aliphatic heterocycles. The minimum atomic E-state index is 0.470. The minimum Gasteiger partial charge on any atom is -0.456 e. The summed E-state index contributed by atoms with van der Waals surface area (Å²) >= 11 is 0. The Kier molecular flexibility index (Phi) is 8.04. The zero-order valence-electron chi connectivity index (χ0n) is 30.1. The summed E-state index contributed by atoms with van der Waals surface area (Å²) in [4.78, 5) is 5.07. The predicted octanol–water partition coefficient (Wildman–Crippen LogP) is 13.4. The molecule has 0 aliphatic rings. The van der Waals surface area contributed by atoms with Crippen LogP contribution in [-0.2, 0) is 6.42 Å². The molecule has 0 amide bonds. The lowest BCUT2D eigenvalue weighted by molar-refractivity contribution is 0.664. The highest BCUT2D eigenvalue weighted by Gasteiger charge is 2.19. The summed E-state index contributed by atoms with van der Waals surface area (Å²) < 4.78 is 6.38. The third kappa shape index (κ3) is 5.74. The summed E-state index contributed by atoms with van der Waals surface area (Å²) in [6.07, 6.45) is 2.79. The Hall–Kier alpha value is -7.23. The molecule has 2 N–H and O–H groups in total. The second-order valence-electron chi connectivity index (χ2n) is 14.0. The van der Waals surface area contributed by atoms with Gasteiger partial charge in [-0.2, -0.15) is 0 Å². The van der Waals surface area contributed by atoms with Crippen molar-refractivity contribution in [2.45, 2.75) is 6.42 Å². The first-order valence-electron chi connectivity index (χ1n) is 18.7. The van der Waals surface area contributed by atoms with E-state index in [0.29, 0.717) is 12.3 Å². The maximum absolute atomic E-state index is 6.69. The first-order valence-corrected chi connectivity index (χ1v) is 18.7. The van der Waals surface area contributed by atoms with Gasteiger partial charge in [0.15, 0.2) is 0 Å². The van der Waals surface area contributed by atoms with Gasteiger partial charge in [-0.1, -0.05) is 188 Å². The molecule has 10 rings (SSSR count). The molecule has 260 valence electrons. The fourth-order valence-corrected chi connectivity index (χ4v) is 8.18. The maximum atomic E-state index is 6.69. The molecule has 1 heterocycles. The van der Waals surface area contributed by atoms with E-state index in [2.05, 4.69) is 152 Å². The number of furan rings is 1. The number of hydrogen-bond donors (Lipinski definition) is 1. The fourth-order valence-electron chi connectivity index (χ4n) is 8.18. The van der Waals surface area contributed by atoms with E-state index in [1.807, 2.05) is 42.5 Å². The molecule has 0 atom stereocenters. The van der Waals surface area contributed by atoms with E-state index in [1.54, 1.807) is 0 Å². The molecule has 1 aromatic heterocycles. The summed E-state index contributed by atoms with van der Waals surface area (Å²) in [5.41, 5.74) is 17.1. The van der Waals surface area contributed by atoms with Crippen LogP contribution < -0.4 is 5.73 Å². The molecule has 0 saturated carbocycles. The molecule has 0 aliphatic carbocycles. The molecule has 0 radical (unpaired) electrons. The zero-order chi connectivity index (χ0) is 36.7. The van der Waals surface area contributed by atoms with Gasteiger partial charge in [0, 0.05) is 16.3 Å². The maximum Gasteiger partial charge on any atom is 0.138 e. The summed E-state index contributed by atoms with van der Waals surface area (Å²) in [5.74, 6) is 0.470. The Labute approximate surface area is 319 Å². The van der Waals surface area contributed by atoms with Crippen LogP contribution >= 0.6 is 0 Å². The van der Waals surface area contributed by atoms with Gasteiger partial charge in [0.05, 0.1) is 5.70 Å². The lowest BCUT2D eigenvalue weighted by Gasteiger charge is -2.19. The molecule has 55 heavy (non-hydrogen) atoms. The molecular formula is C52H36N2O. The Bertz CT molecular complexity index is 3100. The van der Waals surface area contributed by atoms with Gasteiger partial charge < -0.3 is 10.2 Å². The van der Waals surface area contributed by atoms with E-state index in [1.165, 1.54) is 49.0 Å². The Morgan fingerprint density at radius 1 is 0.473 bits per heavy atom. The van der Waals surface area contributed by atoms with Gasteiger partial charge in [-0.25, -0.2) is 4.99 Å². The zero-order valence-corrected chi connectivity index (χ0v) is 30.1. The number of amidine groups is 1. The van der Waals surface area contributed by atoms with Crippen LogP contribution in [0.5, 0.6) is 0 Å². The van der Waals surface area contributed by atoms with Crippen molar-refractivity contribution in [3.05, 3.63) is 211 Å². The lowest BCUT2D eigenvalue weighted by Crippen LogP contribution is -2.13. The Balaban J connectivity index is 1.15. The first kappa shape index (κ1) is 32.4. The second-order valence-corrected chi connectivity index (χ2v) is 14.0. The number of benzene rings is 9. The molecule has 0 unspecified atom stereocenters. The first-order chi connectivity index (χ1) is 27.2. The van der Waals surface area contributed by atoms with E-state index in [9.17, 15) is 0 Å². The van der Waals surface area contributed by atoms with Crippen molar-refractivity contribution in [1.29, 1.82) is 0 Å². The van der Waals surface area contributed by atoms with Crippen LogP contribution in [0.15, 0.2) is 204 Å². The number of nitrogens with zero attached hydrogens (tertiary/aromatic N) is 1. The third-order valence-corrected chi connectivity index (χ3v) is 10.8. The number of nitrogens with two attached hydrogens (primary N) is 1. The molecule has 0 spiro atoms. The number of allylic oxidation sites excluding steroid dienone is 1. The number of fused-ring (bicyclic) bond motifs is 7. The molecule has 3 nitrogen and oxygen atoms in total. The third-order valence-electron chi connectivity index (χ3n) is 10.8. The number of aliphatic imine (C=N–C) groups is 1. The van der Waals surface area contributed by atoms with Crippen LogP contribution in [0.25, 0.3) is 82.2 Å². The predicted molar refractivity (Wildman–Crippen MR) is 232 cm³/mol. The van der Waals surface area contributed by atoms with Crippen LogP contribution in [0, 0.1) is 0 Å². The summed E-state index contributed by atoms with van der Waals surface area (Å²) in [6, 6.07) is 66.2. The van der Waals surface area contributed by atoms with Crippen molar-refractivity contribution in [3.8, 4) is 22.3 Å². The molecule has 0 saturated heterocycles. The summed E-state index contributed by atoms with van der Waals surface area (Å²) in [5, 5.41) is 9.64. The van der Waals surface area contributed by atoms with Gasteiger partial charge >= 0.3 is 0 Å². The van der Waals surface area contributed by atoms with Crippen LogP contribution in [0.1, 0.15) is 16.7 Å². The number of hydrogen-bond acceptors (Lipinski definition) is 2. The van der Waals surface area contributed by atoms with Gasteiger partial charge in [-0.15, -0.1) is 0 Å². The topological polar surface area (TPSA) is 51.5 Å². The van der Waals surface area contributed by atoms with Gasteiger partial charge in [0.1, 0.15) is 17.0 Å². The van der Waals surface area contributed by atoms with Crippen molar-refractivity contribution >= 4 is 65.8 Å². The monoisotopic (exact) mass is 704 g/mol. The van der Waals surface area contributed by atoms with E-state index in [4.69, 9.17) is 15.1 Å². The molecule has 10 aromatic rings. The highest BCUT2D eigenvalue weighted by Crippen LogP contribution is 2.46. The van der Waals surface area contributed by atoms with Crippen LogP contribution in [0.4, 0.5) is 0 Å². The van der Waals surface area contributed by atoms with E-state index in [0.717, 1.165) is 49.9 Å². The average molecular weight is 705 g/mol. The summed E-state index contributed by atoms with van der Waals surface area (Å²) in [6.45, 7) is 0. The van der Waals surface area contributed by atoms with Crippen molar-refractivity contribution in [3.63, 3.8) is 0 Å². The SMILES string of the molecule is NC(=N/C(=C\Cc1cccc2c1oc1ccccc12)c1ccc(-c2c3ccccc3c(-c3ccccc3)c3ccc4ccccc4c23)cc1)c1ccccc1. The van der Waals surface area contributed by atoms with Gasteiger partial charge in [0.25, 0.3) is 0 Å². The number of rotatable bonds is 7. The Morgan fingerprint density at radius 3 is 1.87 bits per heavy atom.